The van der Waals surface area contributed by atoms with E-state index in [1.807, 2.05) is 26.8 Å². The number of carbonyl (C=O) groups excluding carboxylic acids is 2. The summed E-state index contributed by atoms with van der Waals surface area (Å²) in [5.74, 6) is -0.122. The van der Waals surface area contributed by atoms with Crippen molar-refractivity contribution in [2.45, 2.75) is 38.8 Å². The summed E-state index contributed by atoms with van der Waals surface area (Å²) in [6.45, 7) is 6.10. The summed E-state index contributed by atoms with van der Waals surface area (Å²) in [6, 6.07) is 1.70. The molecule has 3 rings (SSSR count). The summed E-state index contributed by atoms with van der Waals surface area (Å²) in [5, 5.41) is 4.19. The number of H-pyrrole nitrogens is 1. The molecule has 1 aliphatic heterocycles. The maximum absolute atomic E-state index is 12.5. The topological polar surface area (TPSA) is 109 Å². The Morgan fingerprint density at radius 2 is 2.07 bits per heavy atom. The fraction of sp³-hybridized carbons (Fsp3) is 0.556. The summed E-state index contributed by atoms with van der Waals surface area (Å²) in [5.41, 5.74) is 0.110. The molecule has 9 heteroatoms. The Morgan fingerprint density at radius 3 is 2.78 bits per heavy atom. The smallest absolute Gasteiger partial charge is 0.410 e. The Labute approximate surface area is 157 Å². The van der Waals surface area contributed by atoms with Crippen molar-refractivity contribution in [3.63, 3.8) is 0 Å². The summed E-state index contributed by atoms with van der Waals surface area (Å²) in [4.78, 5) is 37.7. The van der Waals surface area contributed by atoms with Crippen LogP contribution in [0.5, 0.6) is 0 Å². The van der Waals surface area contributed by atoms with E-state index in [4.69, 9.17) is 9.47 Å². The molecular formula is C18H25N5O4. The third kappa shape index (κ3) is 4.47. The lowest BCUT2D eigenvalue weighted by Gasteiger charge is -2.37. The van der Waals surface area contributed by atoms with Crippen molar-refractivity contribution in [3.05, 3.63) is 18.6 Å². The first-order valence-corrected chi connectivity index (χ1v) is 8.87. The molecule has 9 nitrogen and oxygen atoms in total. The molecule has 2 atom stereocenters. The molecule has 0 radical (unpaired) electrons. The van der Waals surface area contributed by atoms with Gasteiger partial charge in [-0.05, 0) is 33.3 Å². The number of piperidine rings is 1. The molecule has 146 valence electrons. The average Bonchev–Trinajstić information content (AvgIpc) is 3.09. The Balaban J connectivity index is 1.79. The van der Waals surface area contributed by atoms with E-state index in [1.54, 1.807) is 11.1 Å². The summed E-state index contributed by atoms with van der Waals surface area (Å²) in [7, 11) is 1.35. The van der Waals surface area contributed by atoms with Crippen LogP contribution in [0.4, 0.5) is 10.6 Å². The lowest BCUT2D eigenvalue weighted by Crippen LogP contribution is -2.52. The van der Waals surface area contributed by atoms with Crippen molar-refractivity contribution in [1.82, 2.24) is 19.9 Å². The van der Waals surface area contributed by atoms with Crippen LogP contribution in [0.1, 0.15) is 27.2 Å². The average molecular weight is 375 g/mol. The van der Waals surface area contributed by atoms with Crippen LogP contribution in [0, 0.1) is 5.92 Å². The van der Waals surface area contributed by atoms with Gasteiger partial charge in [0.25, 0.3) is 0 Å². The molecular weight excluding hydrogens is 350 g/mol. The van der Waals surface area contributed by atoms with Crippen LogP contribution in [0.3, 0.4) is 0 Å². The lowest BCUT2D eigenvalue weighted by atomic mass is 9.94. The van der Waals surface area contributed by atoms with E-state index in [0.717, 1.165) is 11.0 Å². The number of likely N-dealkylation sites (tertiary alicyclic amines) is 1. The number of fused-ring (bicyclic) bond motifs is 1. The first-order chi connectivity index (χ1) is 12.8. The molecule has 2 N–H and O–H groups in total. The molecule has 1 saturated heterocycles. The highest BCUT2D eigenvalue weighted by Gasteiger charge is 2.36. The van der Waals surface area contributed by atoms with Gasteiger partial charge in [0.05, 0.1) is 18.4 Å². The summed E-state index contributed by atoms with van der Waals surface area (Å²) >= 11 is 0. The fourth-order valence-corrected chi connectivity index (χ4v) is 3.20. The van der Waals surface area contributed by atoms with Crippen molar-refractivity contribution in [3.8, 4) is 0 Å². The van der Waals surface area contributed by atoms with Crippen LogP contribution in [0.15, 0.2) is 18.6 Å². The van der Waals surface area contributed by atoms with E-state index in [-0.39, 0.29) is 18.6 Å². The van der Waals surface area contributed by atoms with Gasteiger partial charge in [-0.2, -0.15) is 0 Å². The summed E-state index contributed by atoms with van der Waals surface area (Å²) < 4.78 is 10.4. The van der Waals surface area contributed by atoms with Gasteiger partial charge in [-0.15, -0.1) is 0 Å². The van der Waals surface area contributed by atoms with Crippen molar-refractivity contribution >= 4 is 28.9 Å². The molecule has 27 heavy (non-hydrogen) atoms. The van der Waals surface area contributed by atoms with Crippen LogP contribution in [-0.4, -0.2) is 63.8 Å². The van der Waals surface area contributed by atoms with Crippen molar-refractivity contribution < 1.29 is 19.1 Å². The quantitative estimate of drug-likeness (QED) is 0.791. The normalized spacial score (nSPS) is 20.4. The van der Waals surface area contributed by atoms with Gasteiger partial charge >= 0.3 is 12.1 Å². The molecule has 3 heterocycles. The minimum atomic E-state index is -0.609. The zero-order chi connectivity index (χ0) is 19.6. The third-order valence-electron chi connectivity index (χ3n) is 4.33. The first-order valence-electron chi connectivity index (χ1n) is 8.87. The number of esters is 1. The number of hydrogen-bond donors (Lipinski definition) is 2. The number of aromatic amines is 1. The Kier molecular flexibility index (Phi) is 5.20. The Morgan fingerprint density at radius 1 is 1.30 bits per heavy atom. The van der Waals surface area contributed by atoms with E-state index < -0.39 is 17.6 Å². The largest absolute Gasteiger partial charge is 0.469 e. The molecule has 1 fully saturated rings. The lowest BCUT2D eigenvalue weighted by molar-refractivity contribution is -0.147. The van der Waals surface area contributed by atoms with Crippen LogP contribution >= 0.6 is 0 Å². The molecule has 2 aromatic rings. The number of methoxy groups -OCH3 is 1. The van der Waals surface area contributed by atoms with Gasteiger partial charge in [-0.1, -0.05) is 0 Å². The molecule has 0 spiro atoms. The molecule has 1 aliphatic rings. The molecule has 2 aromatic heterocycles. The monoisotopic (exact) mass is 375 g/mol. The number of anilines is 1. The molecule has 0 bridgehead atoms. The third-order valence-corrected chi connectivity index (χ3v) is 4.33. The van der Waals surface area contributed by atoms with Crippen LogP contribution in [0.2, 0.25) is 0 Å². The number of aromatic nitrogens is 3. The minimum absolute atomic E-state index is 0.177. The Bertz CT molecular complexity index is 829. The predicted molar refractivity (Wildman–Crippen MR) is 99.2 cm³/mol. The number of nitrogens with one attached hydrogen (secondary N) is 2. The number of rotatable bonds is 3. The molecule has 2 unspecified atom stereocenters. The van der Waals surface area contributed by atoms with Gasteiger partial charge in [-0.25, -0.2) is 14.8 Å². The van der Waals surface area contributed by atoms with E-state index in [0.29, 0.717) is 18.8 Å². The van der Waals surface area contributed by atoms with E-state index >= 15 is 0 Å². The zero-order valence-electron chi connectivity index (χ0n) is 16.0. The predicted octanol–water partition coefficient (Wildman–Crippen LogP) is 2.17. The maximum Gasteiger partial charge on any atom is 0.410 e. The second kappa shape index (κ2) is 7.42. The number of ether oxygens (including phenoxy) is 2. The van der Waals surface area contributed by atoms with Gasteiger partial charge in [0.1, 0.15) is 23.4 Å². The maximum atomic E-state index is 12.5. The number of nitrogens with zero attached hydrogens (tertiary/aromatic N) is 3. The SMILES string of the molecule is COC(=O)C1CC(Nc2ncnc3[nH]ccc23)CN(C(=O)OC(C)(C)C)C1. The highest BCUT2D eigenvalue weighted by molar-refractivity contribution is 5.86. The van der Waals surface area contributed by atoms with E-state index in [9.17, 15) is 9.59 Å². The van der Waals surface area contributed by atoms with Gasteiger partial charge in [0.2, 0.25) is 0 Å². The van der Waals surface area contributed by atoms with Crippen molar-refractivity contribution in [2.75, 3.05) is 25.5 Å². The van der Waals surface area contributed by atoms with Crippen LogP contribution < -0.4 is 5.32 Å². The van der Waals surface area contributed by atoms with Crippen LogP contribution in [0.25, 0.3) is 11.0 Å². The molecule has 0 saturated carbocycles. The highest BCUT2D eigenvalue weighted by Crippen LogP contribution is 2.25. The Hall–Kier alpha value is -2.84. The van der Waals surface area contributed by atoms with Gasteiger partial charge < -0.3 is 24.7 Å². The first kappa shape index (κ1) is 18.9. The van der Waals surface area contributed by atoms with E-state index in [2.05, 4.69) is 20.3 Å². The van der Waals surface area contributed by atoms with Crippen molar-refractivity contribution in [1.29, 1.82) is 0 Å². The van der Waals surface area contributed by atoms with Crippen molar-refractivity contribution in [2.24, 2.45) is 5.92 Å². The number of amides is 1. The fourth-order valence-electron chi connectivity index (χ4n) is 3.20. The van der Waals surface area contributed by atoms with Gasteiger partial charge in [0, 0.05) is 25.3 Å². The minimum Gasteiger partial charge on any atom is -0.469 e. The number of carbonyl (C=O) groups is 2. The van der Waals surface area contributed by atoms with Gasteiger partial charge in [-0.3, -0.25) is 4.79 Å². The second-order valence-corrected chi connectivity index (χ2v) is 7.64. The molecule has 1 amide bonds. The zero-order valence-corrected chi connectivity index (χ0v) is 16.0. The molecule has 0 aliphatic carbocycles. The standard InChI is InChI=1S/C18H25N5O4/c1-18(2,3)27-17(25)23-8-11(16(24)26-4)7-12(9-23)22-15-13-5-6-19-14(13)20-10-21-15/h5-6,10-12H,7-9H2,1-4H3,(H2,19,20,21,22). The number of hydrogen-bond acceptors (Lipinski definition) is 7. The molecule has 0 aromatic carbocycles. The van der Waals surface area contributed by atoms with Gasteiger partial charge in [0.15, 0.2) is 0 Å². The second-order valence-electron chi connectivity index (χ2n) is 7.64. The van der Waals surface area contributed by atoms with Crippen LogP contribution in [-0.2, 0) is 14.3 Å². The highest BCUT2D eigenvalue weighted by atomic mass is 16.6. The summed E-state index contributed by atoms with van der Waals surface area (Å²) in [6.07, 6.45) is 3.34. The van der Waals surface area contributed by atoms with E-state index in [1.165, 1.54) is 13.4 Å².